The molecule has 0 heterocycles. The predicted octanol–water partition coefficient (Wildman–Crippen LogP) is 3.46. The Labute approximate surface area is 141 Å². The lowest BCUT2D eigenvalue weighted by molar-refractivity contribution is -0.140. The molecule has 0 radical (unpaired) electrons. The van der Waals surface area contributed by atoms with Gasteiger partial charge >= 0.3 is 5.97 Å². The van der Waals surface area contributed by atoms with Crippen LogP contribution in [0.1, 0.15) is 11.1 Å². The normalized spacial score (nSPS) is 11.7. The average molecular weight is 330 g/mol. The Hall–Kier alpha value is -2.14. The van der Waals surface area contributed by atoms with Crippen LogP contribution in [-0.2, 0) is 15.3 Å². The van der Waals surface area contributed by atoms with E-state index in [-0.39, 0.29) is 5.97 Å². The molecule has 0 aliphatic carbocycles. The molecule has 2 aromatic carbocycles. The molecule has 0 aromatic heterocycles. The lowest BCUT2D eigenvalue weighted by atomic mass is 10.1. The minimum absolute atomic E-state index is 0.262. The van der Waals surface area contributed by atoms with E-state index in [1.54, 1.807) is 11.8 Å². The first-order valence-corrected chi connectivity index (χ1v) is 8.58. The molecule has 4 nitrogen and oxygen atoms in total. The number of nitrogen functional groups attached to an aromatic ring is 1. The molecule has 2 aromatic rings. The number of esters is 1. The van der Waals surface area contributed by atoms with E-state index in [1.807, 2.05) is 43.3 Å². The van der Waals surface area contributed by atoms with Crippen LogP contribution in [-0.4, -0.2) is 24.9 Å². The highest BCUT2D eigenvalue weighted by molar-refractivity contribution is 7.98. The maximum absolute atomic E-state index is 12.0. The Morgan fingerprint density at radius 1 is 1.26 bits per heavy atom. The molecule has 1 unspecified atom stereocenters. The summed E-state index contributed by atoms with van der Waals surface area (Å²) in [5.41, 5.74) is 9.62. The van der Waals surface area contributed by atoms with Crippen LogP contribution in [0.5, 0.6) is 0 Å². The van der Waals surface area contributed by atoms with Gasteiger partial charge < -0.3 is 15.8 Å². The summed E-state index contributed by atoms with van der Waals surface area (Å²) in [6, 6.07) is 15.4. The molecule has 0 saturated carbocycles. The van der Waals surface area contributed by atoms with Crippen molar-refractivity contribution in [2.75, 3.05) is 23.9 Å². The number of ether oxygens (including phenoxy) is 1. The number of anilines is 2. The molecule has 3 N–H and O–H groups in total. The van der Waals surface area contributed by atoms with Crippen molar-refractivity contribution < 1.29 is 9.53 Å². The van der Waals surface area contributed by atoms with Crippen LogP contribution in [0.4, 0.5) is 11.4 Å². The zero-order chi connectivity index (χ0) is 16.7. The molecule has 0 spiro atoms. The fourth-order valence-electron chi connectivity index (χ4n) is 2.22. The SMILES string of the molecule is COC(=O)C(CSCc1ccccc1)Nc1ccc(N)cc1C. The Bertz CT molecular complexity index is 647. The molecular formula is C18H22N2O2S. The van der Waals surface area contributed by atoms with Crippen molar-refractivity contribution in [1.82, 2.24) is 0 Å². The van der Waals surface area contributed by atoms with E-state index in [0.29, 0.717) is 11.4 Å². The van der Waals surface area contributed by atoms with Gasteiger partial charge in [0.25, 0.3) is 0 Å². The second-order valence-corrected chi connectivity index (χ2v) is 6.33. The second kappa shape index (κ2) is 8.48. The van der Waals surface area contributed by atoms with Crippen molar-refractivity contribution in [2.24, 2.45) is 0 Å². The highest BCUT2D eigenvalue weighted by Gasteiger charge is 2.19. The number of methoxy groups -OCH3 is 1. The first-order chi connectivity index (χ1) is 11.1. The third-order valence-electron chi connectivity index (χ3n) is 3.46. The molecule has 2 rings (SSSR count). The molecule has 1 atom stereocenters. The van der Waals surface area contributed by atoms with Gasteiger partial charge in [-0.15, -0.1) is 0 Å². The van der Waals surface area contributed by atoms with Gasteiger partial charge in [0.1, 0.15) is 6.04 Å². The second-order valence-electron chi connectivity index (χ2n) is 5.30. The van der Waals surface area contributed by atoms with Crippen LogP contribution in [0, 0.1) is 6.92 Å². The largest absolute Gasteiger partial charge is 0.467 e. The zero-order valence-electron chi connectivity index (χ0n) is 13.4. The predicted molar refractivity (Wildman–Crippen MR) is 97.6 cm³/mol. The Balaban J connectivity index is 1.98. The van der Waals surface area contributed by atoms with E-state index >= 15 is 0 Å². The van der Waals surface area contributed by atoms with Crippen LogP contribution in [0.15, 0.2) is 48.5 Å². The molecule has 122 valence electrons. The minimum atomic E-state index is -0.393. The van der Waals surface area contributed by atoms with Gasteiger partial charge in [-0.25, -0.2) is 4.79 Å². The number of thioether (sulfide) groups is 1. The van der Waals surface area contributed by atoms with Crippen LogP contribution in [0.25, 0.3) is 0 Å². The van der Waals surface area contributed by atoms with Crippen LogP contribution < -0.4 is 11.1 Å². The number of aryl methyl sites for hydroxylation is 1. The lowest BCUT2D eigenvalue weighted by Crippen LogP contribution is -2.33. The minimum Gasteiger partial charge on any atom is -0.467 e. The van der Waals surface area contributed by atoms with Crippen molar-refractivity contribution in [1.29, 1.82) is 0 Å². The monoisotopic (exact) mass is 330 g/mol. The van der Waals surface area contributed by atoms with Gasteiger partial charge in [-0.3, -0.25) is 0 Å². The molecule has 0 bridgehead atoms. The first kappa shape index (κ1) is 17.2. The summed E-state index contributed by atoms with van der Waals surface area (Å²) >= 11 is 1.70. The first-order valence-electron chi connectivity index (χ1n) is 7.42. The summed E-state index contributed by atoms with van der Waals surface area (Å²) in [7, 11) is 1.41. The van der Waals surface area contributed by atoms with E-state index in [0.717, 1.165) is 17.0 Å². The van der Waals surface area contributed by atoms with Gasteiger partial charge in [-0.2, -0.15) is 11.8 Å². The van der Waals surface area contributed by atoms with Gasteiger partial charge in [0.2, 0.25) is 0 Å². The smallest absolute Gasteiger partial charge is 0.329 e. The lowest BCUT2D eigenvalue weighted by Gasteiger charge is -2.19. The van der Waals surface area contributed by atoms with Gasteiger partial charge in [-0.05, 0) is 36.2 Å². The molecule has 0 amide bonds. The number of carbonyl (C=O) groups is 1. The Kier molecular flexibility index (Phi) is 6.35. The summed E-state index contributed by atoms with van der Waals surface area (Å²) < 4.78 is 4.91. The fraction of sp³-hybridized carbons (Fsp3) is 0.278. The number of carbonyl (C=O) groups excluding carboxylic acids is 1. The number of hydrogen-bond acceptors (Lipinski definition) is 5. The maximum atomic E-state index is 12.0. The maximum Gasteiger partial charge on any atom is 0.329 e. The van der Waals surface area contributed by atoms with Crippen molar-refractivity contribution in [3.05, 3.63) is 59.7 Å². The number of nitrogens with one attached hydrogen (secondary N) is 1. The van der Waals surface area contributed by atoms with Crippen LogP contribution >= 0.6 is 11.8 Å². The van der Waals surface area contributed by atoms with Gasteiger partial charge in [0.15, 0.2) is 0 Å². The van der Waals surface area contributed by atoms with Crippen molar-refractivity contribution >= 4 is 29.1 Å². The molecule has 23 heavy (non-hydrogen) atoms. The van der Waals surface area contributed by atoms with Crippen molar-refractivity contribution in [2.45, 2.75) is 18.7 Å². The Morgan fingerprint density at radius 2 is 2.00 bits per heavy atom. The average Bonchev–Trinajstić information content (AvgIpc) is 2.56. The fourth-order valence-corrected chi connectivity index (χ4v) is 3.22. The third-order valence-corrected chi connectivity index (χ3v) is 4.57. The summed E-state index contributed by atoms with van der Waals surface area (Å²) in [4.78, 5) is 12.0. The van der Waals surface area contributed by atoms with E-state index in [2.05, 4.69) is 17.4 Å². The zero-order valence-corrected chi connectivity index (χ0v) is 14.2. The molecule has 0 saturated heterocycles. The standard InChI is InChI=1S/C18H22N2O2S/c1-13-10-15(19)8-9-16(13)20-17(18(21)22-2)12-23-11-14-6-4-3-5-7-14/h3-10,17,20H,11-12,19H2,1-2H3. The van der Waals surface area contributed by atoms with Crippen LogP contribution in [0.3, 0.4) is 0 Å². The quantitative estimate of drug-likeness (QED) is 0.601. The van der Waals surface area contributed by atoms with Crippen molar-refractivity contribution in [3.8, 4) is 0 Å². The highest BCUT2D eigenvalue weighted by atomic mass is 32.2. The van der Waals surface area contributed by atoms with Gasteiger partial charge in [0.05, 0.1) is 7.11 Å². The van der Waals surface area contributed by atoms with Gasteiger partial charge in [-0.1, -0.05) is 30.3 Å². The number of benzene rings is 2. The van der Waals surface area contributed by atoms with Crippen molar-refractivity contribution in [3.63, 3.8) is 0 Å². The molecular weight excluding hydrogens is 308 g/mol. The van der Waals surface area contributed by atoms with E-state index in [4.69, 9.17) is 10.5 Å². The molecule has 5 heteroatoms. The topological polar surface area (TPSA) is 64.3 Å². The summed E-state index contributed by atoms with van der Waals surface area (Å²) in [6.07, 6.45) is 0. The molecule has 0 aliphatic rings. The summed E-state index contributed by atoms with van der Waals surface area (Å²) in [5, 5.41) is 3.26. The van der Waals surface area contributed by atoms with E-state index < -0.39 is 6.04 Å². The third kappa shape index (κ3) is 5.21. The Morgan fingerprint density at radius 3 is 2.65 bits per heavy atom. The number of hydrogen-bond donors (Lipinski definition) is 2. The number of rotatable bonds is 7. The van der Waals surface area contributed by atoms with Crippen LogP contribution in [0.2, 0.25) is 0 Å². The van der Waals surface area contributed by atoms with E-state index in [1.165, 1.54) is 12.7 Å². The van der Waals surface area contributed by atoms with Gasteiger partial charge in [0, 0.05) is 22.9 Å². The number of nitrogens with two attached hydrogens (primary N) is 1. The summed E-state index contributed by atoms with van der Waals surface area (Å²) in [6.45, 7) is 1.96. The van der Waals surface area contributed by atoms with E-state index in [9.17, 15) is 4.79 Å². The molecule has 0 fully saturated rings. The highest BCUT2D eigenvalue weighted by Crippen LogP contribution is 2.21. The summed E-state index contributed by atoms with van der Waals surface area (Å²) in [5.74, 6) is 1.23. The molecule has 0 aliphatic heterocycles.